The molecule has 0 aromatic carbocycles. The van der Waals surface area contributed by atoms with Crippen molar-refractivity contribution in [3.63, 3.8) is 0 Å². The smallest absolute Gasteiger partial charge is 0.343 e. The lowest BCUT2D eigenvalue weighted by molar-refractivity contribution is 0.159. The van der Waals surface area contributed by atoms with Gasteiger partial charge in [0.25, 0.3) is 0 Å². The average Bonchev–Trinajstić information content (AvgIpc) is 2.69. The molecule has 0 aliphatic carbocycles. The highest BCUT2D eigenvalue weighted by Gasteiger charge is 2.48. The first-order valence-electron chi connectivity index (χ1n) is 13.7. The van der Waals surface area contributed by atoms with Gasteiger partial charge in [0.2, 0.25) is 0 Å². The molecule has 0 amide bonds. The van der Waals surface area contributed by atoms with Crippen LogP contribution in [-0.2, 0) is 8.85 Å². The van der Waals surface area contributed by atoms with Crippen molar-refractivity contribution in [2.45, 2.75) is 162 Å². The summed E-state index contributed by atoms with van der Waals surface area (Å²) in [7, 11) is -2.11. The van der Waals surface area contributed by atoms with Crippen LogP contribution in [0.25, 0.3) is 0 Å². The van der Waals surface area contributed by atoms with Crippen molar-refractivity contribution in [3.8, 4) is 0 Å². The molecule has 0 aromatic heterocycles. The number of hydrogen-bond acceptors (Lipinski definition) is 2. The Hall–Kier alpha value is 0.137. The van der Waals surface area contributed by atoms with E-state index in [1.165, 1.54) is 109 Å². The number of hydrogen-bond donors (Lipinski definition) is 0. The van der Waals surface area contributed by atoms with Crippen molar-refractivity contribution in [2.75, 3.05) is 13.2 Å². The first-order valence-corrected chi connectivity index (χ1v) is 15.7. The van der Waals surface area contributed by atoms with Gasteiger partial charge in [-0.25, -0.2) is 0 Å². The number of rotatable bonds is 22. The van der Waals surface area contributed by atoms with Crippen LogP contribution in [-0.4, -0.2) is 21.8 Å². The van der Waals surface area contributed by atoms with E-state index in [1.54, 1.807) is 0 Å². The number of unbranched alkanes of at least 4 members (excludes halogenated alkanes) is 16. The van der Waals surface area contributed by atoms with Gasteiger partial charge in [-0.3, -0.25) is 0 Å². The summed E-state index contributed by atoms with van der Waals surface area (Å²) >= 11 is 0. The molecule has 0 saturated carbocycles. The Labute approximate surface area is 192 Å². The van der Waals surface area contributed by atoms with Crippen LogP contribution in [0.4, 0.5) is 0 Å². The third kappa shape index (κ3) is 15.0. The van der Waals surface area contributed by atoms with Crippen molar-refractivity contribution in [2.24, 2.45) is 0 Å². The Morgan fingerprint density at radius 1 is 0.467 bits per heavy atom. The van der Waals surface area contributed by atoms with Gasteiger partial charge in [-0.05, 0) is 19.9 Å². The SMILES string of the molecule is CCCCCCCCCCCCCCCCCCC[Si](OCC)(OCC)C(C)(C)C. The quantitative estimate of drug-likeness (QED) is 0.123. The van der Waals surface area contributed by atoms with E-state index >= 15 is 0 Å². The lowest BCUT2D eigenvalue weighted by Crippen LogP contribution is -2.50. The van der Waals surface area contributed by atoms with Gasteiger partial charge >= 0.3 is 8.56 Å². The van der Waals surface area contributed by atoms with Gasteiger partial charge in [0, 0.05) is 18.3 Å². The average molecular weight is 443 g/mol. The molecular weight excluding hydrogens is 384 g/mol. The van der Waals surface area contributed by atoms with Gasteiger partial charge in [0.15, 0.2) is 0 Å². The molecule has 182 valence electrons. The maximum absolute atomic E-state index is 6.28. The van der Waals surface area contributed by atoms with Gasteiger partial charge in [-0.2, -0.15) is 0 Å². The summed E-state index contributed by atoms with van der Waals surface area (Å²) in [6.45, 7) is 15.0. The van der Waals surface area contributed by atoms with Crippen LogP contribution in [0.3, 0.4) is 0 Å². The van der Waals surface area contributed by atoms with E-state index in [1.807, 2.05) is 0 Å². The standard InChI is InChI=1S/C27H58O2Si/c1-7-10-11-12-13-14-15-16-17-18-19-20-21-22-23-24-25-26-30(28-8-2,29-9-3)27(4,5)6/h7-26H2,1-6H3. The zero-order valence-corrected chi connectivity index (χ0v) is 23.0. The molecule has 0 spiro atoms. The normalized spacial score (nSPS) is 12.6. The summed E-state index contributed by atoms with van der Waals surface area (Å²) in [5.41, 5.74) is 0. The molecule has 0 saturated heterocycles. The molecule has 2 nitrogen and oxygen atoms in total. The lowest BCUT2D eigenvalue weighted by atomic mass is 10.0. The Kier molecular flexibility index (Phi) is 19.9. The van der Waals surface area contributed by atoms with E-state index in [0.29, 0.717) is 0 Å². The highest BCUT2D eigenvalue weighted by molar-refractivity contribution is 6.70. The zero-order chi connectivity index (χ0) is 22.6. The second-order valence-corrected chi connectivity index (χ2v) is 14.4. The Bertz CT molecular complexity index is 345. The molecule has 3 heteroatoms. The summed E-state index contributed by atoms with van der Waals surface area (Å²) in [5.74, 6) is 0. The van der Waals surface area contributed by atoms with E-state index in [0.717, 1.165) is 19.3 Å². The van der Waals surface area contributed by atoms with Crippen molar-refractivity contribution < 1.29 is 8.85 Å². The minimum Gasteiger partial charge on any atom is -0.394 e. The van der Waals surface area contributed by atoms with E-state index in [2.05, 4.69) is 41.5 Å². The van der Waals surface area contributed by atoms with Gasteiger partial charge < -0.3 is 8.85 Å². The Balaban J connectivity index is 3.58. The summed E-state index contributed by atoms with van der Waals surface area (Å²) in [4.78, 5) is 0. The van der Waals surface area contributed by atoms with Crippen molar-refractivity contribution in [1.29, 1.82) is 0 Å². The fourth-order valence-corrected chi connectivity index (χ4v) is 8.18. The molecule has 0 aliphatic heterocycles. The van der Waals surface area contributed by atoms with Crippen LogP contribution in [0.5, 0.6) is 0 Å². The largest absolute Gasteiger partial charge is 0.394 e. The van der Waals surface area contributed by atoms with Gasteiger partial charge in [0.1, 0.15) is 0 Å². The molecule has 0 unspecified atom stereocenters. The zero-order valence-electron chi connectivity index (χ0n) is 22.0. The second-order valence-electron chi connectivity index (χ2n) is 10.3. The van der Waals surface area contributed by atoms with E-state index in [9.17, 15) is 0 Å². The van der Waals surface area contributed by atoms with Crippen LogP contribution >= 0.6 is 0 Å². The van der Waals surface area contributed by atoms with Crippen LogP contribution in [0, 0.1) is 0 Å². The van der Waals surface area contributed by atoms with Crippen LogP contribution in [0.1, 0.15) is 151 Å². The maximum Gasteiger partial charge on any atom is 0.343 e. The molecule has 0 heterocycles. The molecule has 0 bridgehead atoms. The van der Waals surface area contributed by atoms with Crippen molar-refractivity contribution in [3.05, 3.63) is 0 Å². The molecule has 0 aromatic rings. The third-order valence-corrected chi connectivity index (χ3v) is 11.3. The van der Waals surface area contributed by atoms with Crippen LogP contribution in [0.15, 0.2) is 0 Å². The van der Waals surface area contributed by atoms with Crippen LogP contribution in [0.2, 0.25) is 11.1 Å². The van der Waals surface area contributed by atoms with Crippen molar-refractivity contribution in [1.82, 2.24) is 0 Å². The third-order valence-electron chi connectivity index (χ3n) is 6.51. The molecular formula is C27H58O2Si. The van der Waals surface area contributed by atoms with E-state index < -0.39 is 8.56 Å². The fraction of sp³-hybridized carbons (Fsp3) is 1.00. The van der Waals surface area contributed by atoms with Gasteiger partial charge in [0.05, 0.1) is 0 Å². The highest BCUT2D eigenvalue weighted by atomic mass is 28.4. The Morgan fingerprint density at radius 2 is 0.767 bits per heavy atom. The monoisotopic (exact) mass is 442 g/mol. The first kappa shape index (κ1) is 30.1. The highest BCUT2D eigenvalue weighted by Crippen LogP contribution is 2.41. The first-order chi connectivity index (χ1) is 14.4. The van der Waals surface area contributed by atoms with Gasteiger partial charge in [-0.15, -0.1) is 0 Å². The molecule has 0 N–H and O–H groups in total. The van der Waals surface area contributed by atoms with E-state index in [4.69, 9.17) is 8.85 Å². The summed E-state index contributed by atoms with van der Waals surface area (Å²) in [5, 5.41) is 0.147. The van der Waals surface area contributed by atoms with E-state index in [-0.39, 0.29) is 5.04 Å². The Morgan fingerprint density at radius 3 is 1.03 bits per heavy atom. The molecule has 0 fully saturated rings. The van der Waals surface area contributed by atoms with Crippen LogP contribution < -0.4 is 0 Å². The molecule has 0 rings (SSSR count). The summed E-state index contributed by atoms with van der Waals surface area (Å²) in [6, 6.07) is 1.15. The summed E-state index contributed by atoms with van der Waals surface area (Å²) in [6.07, 6.45) is 24.2. The predicted octanol–water partition coefficient (Wildman–Crippen LogP) is 9.95. The second kappa shape index (κ2) is 19.8. The molecule has 30 heavy (non-hydrogen) atoms. The van der Waals surface area contributed by atoms with Gasteiger partial charge in [-0.1, -0.05) is 137 Å². The predicted molar refractivity (Wildman–Crippen MR) is 138 cm³/mol. The molecule has 0 radical (unpaired) electrons. The lowest BCUT2D eigenvalue weighted by Gasteiger charge is -2.40. The van der Waals surface area contributed by atoms with Crippen molar-refractivity contribution >= 4 is 8.56 Å². The minimum absolute atomic E-state index is 0.147. The topological polar surface area (TPSA) is 18.5 Å². The minimum atomic E-state index is -2.11. The summed E-state index contributed by atoms with van der Waals surface area (Å²) < 4.78 is 12.6. The fourth-order valence-electron chi connectivity index (χ4n) is 4.54. The maximum atomic E-state index is 6.28. The molecule has 0 atom stereocenters. The molecule has 0 aliphatic rings.